The number of piperazine rings is 1. The molecule has 10 heteroatoms. The first-order valence-corrected chi connectivity index (χ1v) is 17.2. The molecule has 256 valence electrons. The molecule has 1 fully saturated rings. The standard InChI is InChI=1S/C40H42N6O4/c47-29-45(50-28-30-11-3-1-4-12-30)26-31-23-32-13-7-10-18-38(32)46(27-31)39(48)37(24-33-25-41-36-17-9-8-16-35(33)36)42-40(49)44-21-19-43(20-22-44)34-14-5-2-6-15-34/h1-18,25,29,31,37,41H,19-24,26-28H2,(H,42,49)/t31-,37?/m1/s1. The Morgan fingerprint density at radius 3 is 2.36 bits per heavy atom. The molecule has 1 unspecified atom stereocenters. The van der Waals surface area contributed by atoms with Gasteiger partial charge in [0, 0.05) is 73.5 Å². The molecule has 7 rings (SSSR count). The highest BCUT2D eigenvalue weighted by atomic mass is 16.7. The number of benzene rings is 4. The highest BCUT2D eigenvalue weighted by Crippen LogP contribution is 2.31. The van der Waals surface area contributed by atoms with Crippen LogP contribution in [0.3, 0.4) is 0 Å². The van der Waals surface area contributed by atoms with Crippen molar-refractivity contribution in [3.8, 4) is 0 Å². The van der Waals surface area contributed by atoms with E-state index in [4.69, 9.17) is 4.84 Å². The smallest absolute Gasteiger partial charge is 0.318 e. The van der Waals surface area contributed by atoms with Crippen molar-refractivity contribution >= 4 is 40.6 Å². The number of hydrogen-bond donors (Lipinski definition) is 2. The van der Waals surface area contributed by atoms with E-state index in [0.717, 1.165) is 39.0 Å². The normalized spacial score (nSPS) is 16.5. The summed E-state index contributed by atoms with van der Waals surface area (Å²) in [5, 5.41) is 5.50. The number of hydroxylamine groups is 2. The lowest BCUT2D eigenvalue weighted by Crippen LogP contribution is -2.58. The number of rotatable bonds is 11. The maximum atomic E-state index is 14.8. The fourth-order valence-electron chi connectivity index (χ4n) is 7.08. The van der Waals surface area contributed by atoms with E-state index in [1.165, 1.54) is 5.06 Å². The Labute approximate surface area is 292 Å². The van der Waals surface area contributed by atoms with Crippen molar-refractivity contribution in [1.82, 2.24) is 20.3 Å². The Kier molecular flexibility index (Phi) is 10.1. The van der Waals surface area contributed by atoms with Gasteiger partial charge in [-0.2, -0.15) is 0 Å². The lowest BCUT2D eigenvalue weighted by atomic mass is 9.91. The largest absolute Gasteiger partial charge is 0.368 e. The Morgan fingerprint density at radius 2 is 1.58 bits per heavy atom. The van der Waals surface area contributed by atoms with Crippen molar-refractivity contribution in [2.45, 2.75) is 25.5 Å². The van der Waals surface area contributed by atoms with E-state index in [1.807, 2.05) is 103 Å². The first kappa shape index (κ1) is 32.9. The quantitative estimate of drug-likeness (QED) is 0.145. The van der Waals surface area contributed by atoms with Crippen molar-refractivity contribution in [2.75, 3.05) is 49.1 Å². The third-order valence-electron chi connectivity index (χ3n) is 9.68. The second kappa shape index (κ2) is 15.3. The molecule has 0 bridgehead atoms. The third kappa shape index (κ3) is 7.50. The third-order valence-corrected chi connectivity index (χ3v) is 9.68. The van der Waals surface area contributed by atoms with Gasteiger partial charge in [0.25, 0.3) is 0 Å². The van der Waals surface area contributed by atoms with Crippen molar-refractivity contribution in [1.29, 1.82) is 0 Å². The van der Waals surface area contributed by atoms with Gasteiger partial charge in [-0.05, 0) is 47.4 Å². The Morgan fingerprint density at radius 1 is 0.880 bits per heavy atom. The molecular formula is C40H42N6O4. The molecule has 0 spiro atoms. The van der Waals surface area contributed by atoms with Crippen LogP contribution in [-0.2, 0) is 33.9 Å². The molecule has 50 heavy (non-hydrogen) atoms. The molecule has 0 radical (unpaired) electrons. The maximum Gasteiger partial charge on any atom is 0.318 e. The number of para-hydroxylation sites is 3. The summed E-state index contributed by atoms with van der Waals surface area (Å²) in [5.74, 6) is -0.267. The van der Waals surface area contributed by atoms with Gasteiger partial charge in [-0.3, -0.25) is 14.4 Å². The zero-order valence-corrected chi connectivity index (χ0v) is 28.0. The van der Waals surface area contributed by atoms with Crippen LogP contribution in [0.1, 0.15) is 16.7 Å². The minimum atomic E-state index is -0.822. The van der Waals surface area contributed by atoms with E-state index >= 15 is 0 Å². The monoisotopic (exact) mass is 670 g/mol. The molecule has 2 aliphatic heterocycles. The predicted molar refractivity (Wildman–Crippen MR) is 195 cm³/mol. The molecule has 5 aromatic rings. The number of H-pyrrole nitrogens is 1. The summed E-state index contributed by atoms with van der Waals surface area (Å²) in [5.41, 5.74) is 5.87. The van der Waals surface area contributed by atoms with Crippen LogP contribution in [0.15, 0.2) is 115 Å². The second-order valence-corrected chi connectivity index (χ2v) is 13.0. The lowest BCUT2D eigenvalue weighted by molar-refractivity contribution is -0.181. The van der Waals surface area contributed by atoms with Gasteiger partial charge in [0.2, 0.25) is 12.3 Å². The van der Waals surface area contributed by atoms with Crippen molar-refractivity contribution in [3.05, 3.63) is 132 Å². The molecule has 2 atom stereocenters. The van der Waals surface area contributed by atoms with Crippen LogP contribution in [0.2, 0.25) is 0 Å². The summed E-state index contributed by atoms with van der Waals surface area (Å²) in [6, 6.07) is 34.7. The molecule has 0 aliphatic carbocycles. The SMILES string of the molecule is O=CN(C[C@H]1Cc2ccccc2N(C(=O)C(Cc2c[nH]c3ccccc23)NC(=O)N2CCN(c3ccccc3)CC2)C1)OCc1ccccc1. The molecular weight excluding hydrogens is 628 g/mol. The molecule has 10 nitrogen and oxygen atoms in total. The molecule has 4 amide bonds. The van der Waals surface area contributed by atoms with Crippen molar-refractivity contribution < 1.29 is 19.2 Å². The Hall–Kier alpha value is -5.61. The molecule has 4 aromatic carbocycles. The average molecular weight is 671 g/mol. The number of nitrogens with one attached hydrogen (secondary N) is 2. The first-order chi connectivity index (χ1) is 24.6. The lowest BCUT2D eigenvalue weighted by Gasteiger charge is -2.39. The van der Waals surface area contributed by atoms with E-state index in [0.29, 0.717) is 58.5 Å². The van der Waals surface area contributed by atoms with Gasteiger partial charge in [0.05, 0.1) is 6.54 Å². The zero-order chi connectivity index (χ0) is 34.3. The number of aromatic nitrogens is 1. The number of urea groups is 1. The van der Waals surface area contributed by atoms with E-state index in [2.05, 4.69) is 27.3 Å². The van der Waals surface area contributed by atoms with Gasteiger partial charge < -0.3 is 25.0 Å². The maximum absolute atomic E-state index is 14.8. The highest BCUT2D eigenvalue weighted by molar-refractivity contribution is 6.00. The van der Waals surface area contributed by atoms with E-state index in [-0.39, 0.29) is 24.5 Å². The summed E-state index contributed by atoms with van der Waals surface area (Å²) < 4.78 is 0. The number of amides is 4. The van der Waals surface area contributed by atoms with Gasteiger partial charge in [-0.15, -0.1) is 0 Å². The molecule has 3 heterocycles. The topological polar surface area (TPSA) is 101 Å². The molecule has 1 saturated heterocycles. The second-order valence-electron chi connectivity index (χ2n) is 13.0. The van der Waals surface area contributed by atoms with Gasteiger partial charge in [0.1, 0.15) is 12.6 Å². The van der Waals surface area contributed by atoms with Crippen molar-refractivity contribution in [3.63, 3.8) is 0 Å². The van der Waals surface area contributed by atoms with Crippen LogP contribution in [0, 0.1) is 5.92 Å². The van der Waals surface area contributed by atoms with Crippen LogP contribution in [0.5, 0.6) is 0 Å². The molecule has 2 aliphatic rings. The Balaban J connectivity index is 1.10. The fourth-order valence-corrected chi connectivity index (χ4v) is 7.08. The summed E-state index contributed by atoms with van der Waals surface area (Å²) in [4.78, 5) is 55.8. The molecule has 0 saturated carbocycles. The van der Waals surface area contributed by atoms with Crippen LogP contribution >= 0.6 is 0 Å². The molecule has 2 N–H and O–H groups in total. The number of nitrogens with zero attached hydrogens (tertiary/aromatic N) is 4. The van der Waals surface area contributed by atoms with Gasteiger partial charge in [-0.1, -0.05) is 84.9 Å². The zero-order valence-electron chi connectivity index (χ0n) is 28.0. The summed E-state index contributed by atoms with van der Waals surface area (Å²) in [6.45, 7) is 3.48. The number of carbonyl (C=O) groups is 3. The van der Waals surface area contributed by atoms with Crippen LogP contribution in [0.25, 0.3) is 10.9 Å². The Bertz CT molecular complexity index is 1910. The van der Waals surface area contributed by atoms with Crippen LogP contribution in [0.4, 0.5) is 16.2 Å². The number of aromatic amines is 1. The van der Waals surface area contributed by atoms with Gasteiger partial charge in [0.15, 0.2) is 0 Å². The minimum Gasteiger partial charge on any atom is -0.368 e. The summed E-state index contributed by atoms with van der Waals surface area (Å²) in [6.07, 6.45) is 3.63. The summed E-state index contributed by atoms with van der Waals surface area (Å²) in [7, 11) is 0. The molecule has 1 aromatic heterocycles. The number of carbonyl (C=O) groups excluding carboxylic acids is 3. The van der Waals surface area contributed by atoms with Crippen molar-refractivity contribution in [2.24, 2.45) is 5.92 Å². The average Bonchev–Trinajstić information content (AvgIpc) is 3.59. The van der Waals surface area contributed by atoms with Gasteiger partial charge in [-0.25, -0.2) is 9.86 Å². The summed E-state index contributed by atoms with van der Waals surface area (Å²) >= 11 is 0. The van der Waals surface area contributed by atoms with E-state index in [9.17, 15) is 14.4 Å². The van der Waals surface area contributed by atoms with Gasteiger partial charge >= 0.3 is 6.03 Å². The fraction of sp³-hybridized carbons (Fsp3) is 0.275. The predicted octanol–water partition coefficient (Wildman–Crippen LogP) is 5.41. The number of hydrogen-bond acceptors (Lipinski definition) is 5. The van der Waals surface area contributed by atoms with Crippen LogP contribution in [-0.4, -0.2) is 78.6 Å². The number of fused-ring (bicyclic) bond motifs is 2. The minimum absolute atomic E-state index is 0.0784. The highest BCUT2D eigenvalue weighted by Gasteiger charge is 2.35. The van der Waals surface area contributed by atoms with E-state index < -0.39 is 6.04 Å². The van der Waals surface area contributed by atoms with Crippen LogP contribution < -0.4 is 15.1 Å². The first-order valence-electron chi connectivity index (χ1n) is 17.2. The number of anilines is 2. The van der Waals surface area contributed by atoms with E-state index in [1.54, 1.807) is 9.80 Å².